The maximum atomic E-state index is 13.5. The topological polar surface area (TPSA) is 82.1 Å². The van der Waals surface area contributed by atoms with E-state index in [9.17, 15) is 19.1 Å². The van der Waals surface area contributed by atoms with E-state index in [2.05, 4.69) is 55.3 Å². The molecule has 2 N–H and O–H groups in total. The molecule has 230 valence electrons. The average Bonchev–Trinajstić information content (AvgIpc) is 3.37. The Morgan fingerprint density at radius 3 is 2.48 bits per heavy atom. The fourth-order valence-electron chi connectivity index (χ4n) is 6.83. The second-order valence-electron chi connectivity index (χ2n) is 12.5. The standard InChI is InChI=1S/C34H48FN3O4/c1-4-15-38(34(41)42-23-25-9-8-12-28(35)19-25)30-13-16-37(17-14-30)22-27-20-29(36-32(33(39)40)18-24(2)3)21-31(27)26-10-6-5-7-11-26/h5-12,19,24,27,29-32,36H,4,13-18,20-23H2,1-3H3,(H,39,40). The lowest BCUT2D eigenvalue weighted by Crippen LogP contribution is -2.48. The second-order valence-corrected chi connectivity index (χ2v) is 12.5. The molecule has 2 aliphatic rings. The normalized spacial score (nSPS) is 22.3. The van der Waals surface area contributed by atoms with Crippen molar-refractivity contribution in [2.45, 2.75) is 89.9 Å². The van der Waals surface area contributed by atoms with Crippen molar-refractivity contribution in [3.8, 4) is 0 Å². The van der Waals surface area contributed by atoms with Gasteiger partial charge in [-0.3, -0.25) is 4.79 Å². The highest BCUT2D eigenvalue weighted by Gasteiger charge is 2.39. The molecule has 8 heteroatoms. The molecule has 7 nitrogen and oxygen atoms in total. The van der Waals surface area contributed by atoms with Gasteiger partial charge in [0, 0.05) is 38.3 Å². The van der Waals surface area contributed by atoms with Gasteiger partial charge in [-0.2, -0.15) is 0 Å². The zero-order chi connectivity index (χ0) is 30.1. The Morgan fingerprint density at radius 2 is 1.83 bits per heavy atom. The largest absolute Gasteiger partial charge is 0.480 e. The van der Waals surface area contributed by atoms with Gasteiger partial charge in [-0.25, -0.2) is 9.18 Å². The molecule has 0 aromatic heterocycles. The van der Waals surface area contributed by atoms with Gasteiger partial charge in [-0.15, -0.1) is 0 Å². The van der Waals surface area contributed by atoms with Crippen LogP contribution in [0.15, 0.2) is 54.6 Å². The summed E-state index contributed by atoms with van der Waals surface area (Å²) in [5.74, 6) is 0.0178. The number of likely N-dealkylation sites (tertiary alicyclic amines) is 1. The van der Waals surface area contributed by atoms with E-state index in [-0.39, 0.29) is 30.6 Å². The number of aliphatic carboxylic acids is 1. The number of hydrogen-bond donors (Lipinski definition) is 2. The van der Waals surface area contributed by atoms with Crippen LogP contribution >= 0.6 is 0 Å². The van der Waals surface area contributed by atoms with Crippen molar-refractivity contribution in [2.75, 3.05) is 26.2 Å². The third-order valence-corrected chi connectivity index (χ3v) is 8.81. The summed E-state index contributed by atoms with van der Waals surface area (Å²) >= 11 is 0. The van der Waals surface area contributed by atoms with E-state index in [1.165, 1.54) is 17.7 Å². The number of halogens is 1. The Balaban J connectivity index is 1.35. The molecule has 2 aromatic rings. The number of rotatable bonds is 13. The summed E-state index contributed by atoms with van der Waals surface area (Å²) < 4.78 is 19.1. The Bertz CT molecular complexity index is 1140. The third-order valence-electron chi connectivity index (χ3n) is 8.81. The number of ether oxygens (including phenoxy) is 1. The van der Waals surface area contributed by atoms with Crippen molar-refractivity contribution in [2.24, 2.45) is 11.8 Å². The first-order chi connectivity index (χ1) is 20.2. The Labute approximate surface area is 250 Å². The molecule has 42 heavy (non-hydrogen) atoms. The second kappa shape index (κ2) is 15.5. The van der Waals surface area contributed by atoms with Gasteiger partial charge in [-0.05, 0) is 79.5 Å². The maximum absolute atomic E-state index is 13.5. The number of carbonyl (C=O) groups excluding carboxylic acids is 1. The van der Waals surface area contributed by atoms with Crippen LogP contribution in [0.1, 0.15) is 76.3 Å². The summed E-state index contributed by atoms with van der Waals surface area (Å²) in [6, 6.07) is 16.6. The van der Waals surface area contributed by atoms with Crippen LogP contribution in [0.3, 0.4) is 0 Å². The molecule has 1 saturated carbocycles. The lowest BCUT2D eigenvalue weighted by Gasteiger charge is -2.39. The number of nitrogens with one attached hydrogen (secondary N) is 1. The van der Waals surface area contributed by atoms with E-state index >= 15 is 0 Å². The highest BCUT2D eigenvalue weighted by molar-refractivity contribution is 5.73. The van der Waals surface area contributed by atoms with E-state index in [0.717, 1.165) is 51.7 Å². The molecular formula is C34H48FN3O4. The van der Waals surface area contributed by atoms with Crippen LogP contribution in [0.4, 0.5) is 9.18 Å². The fourth-order valence-corrected chi connectivity index (χ4v) is 6.83. The molecule has 1 aliphatic heterocycles. The summed E-state index contributed by atoms with van der Waals surface area (Å²) in [6.45, 7) is 9.67. The number of hydrogen-bond acceptors (Lipinski definition) is 5. The average molecular weight is 582 g/mol. The van der Waals surface area contributed by atoms with Crippen LogP contribution in [0.2, 0.25) is 0 Å². The zero-order valence-corrected chi connectivity index (χ0v) is 25.4. The van der Waals surface area contributed by atoms with Crippen LogP contribution in [0.25, 0.3) is 0 Å². The summed E-state index contributed by atoms with van der Waals surface area (Å²) in [4.78, 5) is 29.4. The van der Waals surface area contributed by atoms with Crippen LogP contribution in [0, 0.1) is 17.7 Å². The van der Waals surface area contributed by atoms with Gasteiger partial charge >= 0.3 is 12.1 Å². The van der Waals surface area contributed by atoms with E-state index in [1.54, 1.807) is 12.1 Å². The molecule has 2 aromatic carbocycles. The van der Waals surface area contributed by atoms with Gasteiger partial charge < -0.3 is 25.0 Å². The molecule has 1 aliphatic carbocycles. The number of nitrogens with zero attached hydrogens (tertiary/aromatic N) is 2. The quantitative estimate of drug-likeness (QED) is 0.289. The lowest BCUT2D eigenvalue weighted by molar-refractivity contribution is -0.140. The van der Waals surface area contributed by atoms with Crippen molar-refractivity contribution < 1.29 is 23.8 Å². The SMILES string of the molecule is CCCN(C(=O)OCc1cccc(F)c1)C1CCN(CC2CC(NC(CC(C)C)C(=O)O)CC2c2ccccc2)CC1. The number of amides is 1. The smallest absolute Gasteiger partial charge is 0.410 e. The van der Waals surface area contributed by atoms with Crippen LogP contribution in [0.5, 0.6) is 0 Å². The Morgan fingerprint density at radius 1 is 1.10 bits per heavy atom. The van der Waals surface area contributed by atoms with Crippen LogP contribution < -0.4 is 5.32 Å². The maximum Gasteiger partial charge on any atom is 0.410 e. The molecule has 4 rings (SSSR count). The summed E-state index contributed by atoms with van der Waals surface area (Å²) in [5, 5.41) is 13.3. The van der Waals surface area contributed by atoms with Crippen molar-refractivity contribution in [3.63, 3.8) is 0 Å². The van der Waals surface area contributed by atoms with Crippen LogP contribution in [-0.4, -0.2) is 71.3 Å². The van der Waals surface area contributed by atoms with Crippen molar-refractivity contribution >= 4 is 12.1 Å². The molecule has 0 spiro atoms. The first-order valence-electron chi connectivity index (χ1n) is 15.7. The summed E-state index contributed by atoms with van der Waals surface area (Å²) in [5.41, 5.74) is 1.97. The number of piperidine rings is 1. The van der Waals surface area contributed by atoms with E-state index < -0.39 is 12.0 Å². The van der Waals surface area contributed by atoms with E-state index in [4.69, 9.17) is 4.74 Å². The summed E-state index contributed by atoms with van der Waals surface area (Å²) in [7, 11) is 0. The minimum absolute atomic E-state index is 0.0628. The molecule has 4 unspecified atom stereocenters. The number of carboxylic acids is 1. The minimum Gasteiger partial charge on any atom is -0.480 e. The van der Waals surface area contributed by atoms with Crippen molar-refractivity contribution in [1.29, 1.82) is 0 Å². The van der Waals surface area contributed by atoms with Crippen molar-refractivity contribution in [3.05, 3.63) is 71.5 Å². The van der Waals surface area contributed by atoms with Crippen LogP contribution in [-0.2, 0) is 16.1 Å². The predicted molar refractivity (Wildman–Crippen MR) is 163 cm³/mol. The molecule has 0 radical (unpaired) electrons. The molecule has 4 atom stereocenters. The monoisotopic (exact) mass is 581 g/mol. The zero-order valence-electron chi connectivity index (χ0n) is 25.4. The van der Waals surface area contributed by atoms with E-state index in [1.807, 2.05) is 11.0 Å². The molecule has 1 heterocycles. The van der Waals surface area contributed by atoms with Gasteiger partial charge in [0.1, 0.15) is 18.5 Å². The highest BCUT2D eigenvalue weighted by atomic mass is 19.1. The highest BCUT2D eigenvalue weighted by Crippen LogP contribution is 2.41. The van der Waals surface area contributed by atoms with Gasteiger partial charge in [-0.1, -0.05) is 63.2 Å². The minimum atomic E-state index is -0.767. The van der Waals surface area contributed by atoms with Gasteiger partial charge in [0.2, 0.25) is 0 Å². The number of benzene rings is 2. The molecule has 0 bridgehead atoms. The Hall–Kier alpha value is -2.97. The molecular weight excluding hydrogens is 533 g/mol. The lowest BCUT2D eigenvalue weighted by atomic mass is 9.88. The first-order valence-corrected chi connectivity index (χ1v) is 15.7. The summed E-state index contributed by atoms with van der Waals surface area (Å²) in [6.07, 6.45) is 4.80. The van der Waals surface area contributed by atoms with Gasteiger partial charge in [0.05, 0.1) is 0 Å². The molecule has 2 fully saturated rings. The van der Waals surface area contributed by atoms with Gasteiger partial charge in [0.15, 0.2) is 0 Å². The fraction of sp³-hybridized carbons (Fsp3) is 0.588. The molecule has 1 saturated heterocycles. The molecule has 1 amide bonds. The third kappa shape index (κ3) is 9.01. The van der Waals surface area contributed by atoms with Gasteiger partial charge in [0.25, 0.3) is 0 Å². The number of carbonyl (C=O) groups is 2. The first kappa shape index (κ1) is 32.0. The van der Waals surface area contributed by atoms with E-state index in [0.29, 0.717) is 36.3 Å². The predicted octanol–water partition coefficient (Wildman–Crippen LogP) is 6.29. The number of carboxylic acid groups (broad SMARTS) is 1. The van der Waals surface area contributed by atoms with Crippen molar-refractivity contribution in [1.82, 2.24) is 15.1 Å². The Kier molecular flexibility index (Phi) is 11.8.